The van der Waals surface area contributed by atoms with Crippen LogP contribution in [0.4, 0.5) is 5.69 Å². The van der Waals surface area contributed by atoms with Gasteiger partial charge in [0.15, 0.2) is 0 Å². The number of rotatable bonds is 2. The van der Waals surface area contributed by atoms with Crippen LogP contribution in [-0.2, 0) is 0 Å². The molecule has 1 aromatic carbocycles. The van der Waals surface area contributed by atoms with Crippen molar-refractivity contribution in [3.05, 3.63) is 46.6 Å². The van der Waals surface area contributed by atoms with Crippen LogP contribution < -0.4 is 10.5 Å². The highest BCUT2D eigenvalue weighted by Crippen LogP contribution is 2.29. The molecule has 0 bridgehead atoms. The van der Waals surface area contributed by atoms with E-state index in [9.17, 15) is 0 Å². The smallest absolute Gasteiger partial charge is 0.244 e. The number of halogens is 1. The van der Waals surface area contributed by atoms with Crippen LogP contribution in [0.2, 0.25) is 5.02 Å². The molecule has 0 saturated carbocycles. The molecule has 2 aromatic rings. The number of ether oxygens (including phenoxy) is 1. The summed E-state index contributed by atoms with van der Waals surface area (Å²) in [4.78, 5) is 4.00. The van der Waals surface area contributed by atoms with E-state index >= 15 is 0 Å². The zero-order valence-electron chi connectivity index (χ0n) is 9.64. The molecule has 1 aromatic heterocycles. The number of pyridine rings is 1. The fourth-order valence-electron chi connectivity index (χ4n) is 1.43. The summed E-state index contributed by atoms with van der Waals surface area (Å²) in [6.07, 6.45) is 1.48. The van der Waals surface area contributed by atoms with Gasteiger partial charge in [-0.3, -0.25) is 0 Å². The molecule has 0 aliphatic carbocycles. The maximum Gasteiger partial charge on any atom is 0.244 e. The summed E-state index contributed by atoms with van der Waals surface area (Å²) >= 11 is 5.92. The lowest BCUT2D eigenvalue weighted by molar-refractivity contribution is 0.465. The van der Waals surface area contributed by atoms with Gasteiger partial charge in [-0.25, -0.2) is 4.98 Å². The third-order valence-corrected chi connectivity index (χ3v) is 2.84. The molecule has 18 heavy (non-hydrogen) atoms. The van der Waals surface area contributed by atoms with Crippen molar-refractivity contribution in [3.8, 4) is 17.7 Å². The Morgan fingerprint density at radius 3 is 2.83 bits per heavy atom. The molecule has 2 N–H and O–H groups in total. The first-order valence-corrected chi connectivity index (χ1v) is 5.58. The Balaban J connectivity index is 2.35. The van der Waals surface area contributed by atoms with Crippen LogP contribution >= 0.6 is 11.6 Å². The monoisotopic (exact) mass is 259 g/mol. The van der Waals surface area contributed by atoms with Crippen LogP contribution in [0.25, 0.3) is 0 Å². The topological polar surface area (TPSA) is 71.9 Å². The lowest BCUT2D eigenvalue weighted by Gasteiger charge is -2.08. The van der Waals surface area contributed by atoms with Gasteiger partial charge in [-0.15, -0.1) is 0 Å². The van der Waals surface area contributed by atoms with E-state index in [4.69, 9.17) is 27.3 Å². The van der Waals surface area contributed by atoms with Crippen molar-refractivity contribution in [1.82, 2.24) is 4.98 Å². The van der Waals surface area contributed by atoms with Gasteiger partial charge in [0, 0.05) is 11.2 Å². The van der Waals surface area contributed by atoms with Gasteiger partial charge in [-0.1, -0.05) is 11.6 Å². The molecular formula is C13H10ClN3O. The average molecular weight is 260 g/mol. The highest BCUT2D eigenvalue weighted by atomic mass is 35.5. The fraction of sp³-hybridized carbons (Fsp3) is 0.0769. The number of nitrogens with two attached hydrogens (primary N) is 1. The molecule has 2 rings (SSSR count). The maximum absolute atomic E-state index is 8.86. The third-order valence-electron chi connectivity index (χ3n) is 2.42. The molecule has 1 heterocycles. The molecule has 0 unspecified atom stereocenters. The first kappa shape index (κ1) is 12.2. The molecule has 0 amide bonds. The van der Waals surface area contributed by atoms with Crippen LogP contribution in [0.1, 0.15) is 11.1 Å². The van der Waals surface area contributed by atoms with Gasteiger partial charge < -0.3 is 10.5 Å². The minimum Gasteiger partial charge on any atom is -0.437 e. The van der Waals surface area contributed by atoms with E-state index in [1.165, 1.54) is 12.3 Å². The van der Waals surface area contributed by atoms with Gasteiger partial charge in [0.25, 0.3) is 0 Å². The number of aromatic nitrogens is 1. The number of benzene rings is 1. The van der Waals surface area contributed by atoms with Crippen molar-refractivity contribution in [2.24, 2.45) is 0 Å². The Hall–Kier alpha value is -2.25. The molecule has 0 atom stereocenters. The van der Waals surface area contributed by atoms with Gasteiger partial charge >= 0.3 is 0 Å². The van der Waals surface area contributed by atoms with Crippen molar-refractivity contribution in [2.75, 3.05) is 5.73 Å². The number of aryl methyl sites for hydroxylation is 1. The summed E-state index contributed by atoms with van der Waals surface area (Å²) < 4.78 is 5.54. The Morgan fingerprint density at radius 2 is 2.17 bits per heavy atom. The van der Waals surface area contributed by atoms with E-state index in [0.29, 0.717) is 16.3 Å². The first-order valence-electron chi connectivity index (χ1n) is 5.20. The second kappa shape index (κ2) is 4.94. The zero-order valence-corrected chi connectivity index (χ0v) is 10.4. The summed E-state index contributed by atoms with van der Waals surface area (Å²) in [5.41, 5.74) is 7.23. The van der Waals surface area contributed by atoms with Crippen LogP contribution in [0.15, 0.2) is 30.5 Å². The zero-order chi connectivity index (χ0) is 13.1. The van der Waals surface area contributed by atoms with Crippen molar-refractivity contribution in [3.63, 3.8) is 0 Å². The summed E-state index contributed by atoms with van der Waals surface area (Å²) in [6, 6.07) is 8.74. The predicted octanol–water partition coefficient (Wildman–Crippen LogP) is 3.29. The highest BCUT2D eigenvalue weighted by molar-refractivity contribution is 6.31. The summed E-state index contributed by atoms with van der Waals surface area (Å²) in [5, 5.41) is 9.52. The van der Waals surface area contributed by atoms with Crippen LogP contribution in [0.5, 0.6) is 11.6 Å². The lowest BCUT2D eigenvalue weighted by atomic mass is 10.2. The van der Waals surface area contributed by atoms with E-state index in [-0.39, 0.29) is 11.6 Å². The van der Waals surface area contributed by atoms with Crippen molar-refractivity contribution < 1.29 is 4.74 Å². The van der Waals surface area contributed by atoms with Gasteiger partial charge in [-0.05, 0) is 36.8 Å². The fourth-order valence-corrected chi connectivity index (χ4v) is 1.54. The van der Waals surface area contributed by atoms with Gasteiger partial charge in [0.1, 0.15) is 17.5 Å². The Kier molecular flexibility index (Phi) is 3.35. The highest BCUT2D eigenvalue weighted by Gasteiger charge is 2.08. The molecule has 5 heteroatoms. The largest absolute Gasteiger partial charge is 0.437 e. The summed E-state index contributed by atoms with van der Waals surface area (Å²) in [7, 11) is 0. The van der Waals surface area contributed by atoms with Crippen LogP contribution in [-0.4, -0.2) is 4.98 Å². The second-order valence-corrected chi connectivity index (χ2v) is 4.11. The maximum atomic E-state index is 8.86. The van der Waals surface area contributed by atoms with E-state index in [1.807, 2.05) is 13.0 Å². The van der Waals surface area contributed by atoms with Gasteiger partial charge in [-0.2, -0.15) is 5.26 Å². The average Bonchev–Trinajstić information content (AvgIpc) is 2.36. The Morgan fingerprint density at radius 1 is 1.39 bits per heavy atom. The molecule has 0 aliphatic heterocycles. The number of hydrogen-bond donors (Lipinski definition) is 1. The number of nitrogen functional groups attached to an aromatic ring is 1. The lowest BCUT2D eigenvalue weighted by Crippen LogP contribution is -1.97. The number of anilines is 1. The predicted molar refractivity (Wildman–Crippen MR) is 69.6 cm³/mol. The SMILES string of the molecule is Cc1cc(Oc2nccc(C#N)c2N)ccc1Cl. The van der Waals surface area contributed by atoms with Gasteiger partial charge in [0.2, 0.25) is 5.88 Å². The Bertz CT molecular complexity index is 635. The molecule has 0 aliphatic rings. The minimum atomic E-state index is 0.218. The second-order valence-electron chi connectivity index (χ2n) is 3.70. The van der Waals surface area contributed by atoms with Crippen molar-refractivity contribution >= 4 is 17.3 Å². The summed E-state index contributed by atoms with van der Waals surface area (Å²) in [6.45, 7) is 1.87. The quantitative estimate of drug-likeness (QED) is 0.898. The molecule has 4 nitrogen and oxygen atoms in total. The van der Waals surface area contributed by atoms with E-state index < -0.39 is 0 Å². The molecule has 0 spiro atoms. The van der Waals surface area contributed by atoms with Crippen molar-refractivity contribution in [1.29, 1.82) is 5.26 Å². The first-order chi connectivity index (χ1) is 8.61. The van der Waals surface area contributed by atoms with Crippen LogP contribution in [0, 0.1) is 18.3 Å². The number of nitrogens with zero attached hydrogens (tertiary/aromatic N) is 2. The molecule has 0 fully saturated rings. The van der Waals surface area contributed by atoms with E-state index in [1.54, 1.807) is 18.2 Å². The van der Waals surface area contributed by atoms with Crippen molar-refractivity contribution in [2.45, 2.75) is 6.92 Å². The normalized spacial score (nSPS) is 9.83. The Labute approximate surface area is 110 Å². The standard InChI is InChI=1S/C13H10ClN3O/c1-8-6-10(2-3-11(8)14)18-13-12(16)9(7-15)4-5-17-13/h2-6H,16H2,1H3. The van der Waals surface area contributed by atoms with Crippen LogP contribution in [0.3, 0.4) is 0 Å². The molecule has 0 radical (unpaired) electrons. The van der Waals surface area contributed by atoms with E-state index in [0.717, 1.165) is 5.56 Å². The molecule has 90 valence electrons. The van der Waals surface area contributed by atoms with E-state index in [2.05, 4.69) is 4.98 Å². The molecule has 0 saturated heterocycles. The third kappa shape index (κ3) is 2.36. The molecular weight excluding hydrogens is 250 g/mol. The minimum absolute atomic E-state index is 0.218. The van der Waals surface area contributed by atoms with Gasteiger partial charge in [0.05, 0.1) is 5.56 Å². The number of hydrogen-bond acceptors (Lipinski definition) is 4. The summed E-state index contributed by atoms with van der Waals surface area (Å²) in [5.74, 6) is 0.793. The number of nitriles is 1.